The Hall–Kier alpha value is -1.10. The van der Waals surface area contributed by atoms with E-state index in [1.54, 1.807) is 4.90 Å². The van der Waals surface area contributed by atoms with Crippen molar-refractivity contribution in [2.24, 2.45) is 5.73 Å². The Balaban J connectivity index is 2.40. The maximum atomic E-state index is 12.2. The molecule has 1 saturated carbocycles. The third-order valence-corrected chi connectivity index (χ3v) is 3.53. The quantitative estimate of drug-likeness (QED) is 0.646. The summed E-state index contributed by atoms with van der Waals surface area (Å²) in [5.74, 6) is -0.350. The normalized spacial score (nSPS) is 15.9. The molecule has 5 heteroatoms. The number of nitrogens with one attached hydrogen (secondary N) is 1. The molecule has 0 radical (unpaired) electrons. The molecule has 0 aliphatic heterocycles. The Morgan fingerprint density at radius 3 is 2.47 bits per heavy atom. The van der Waals surface area contributed by atoms with Gasteiger partial charge < -0.3 is 16.0 Å². The zero-order valence-corrected chi connectivity index (χ0v) is 12.2. The zero-order valence-electron chi connectivity index (χ0n) is 12.2. The maximum Gasteiger partial charge on any atom is 0.237 e. The van der Waals surface area contributed by atoms with E-state index in [1.165, 1.54) is 0 Å². The van der Waals surface area contributed by atoms with Crippen molar-refractivity contribution in [1.29, 1.82) is 0 Å². The molecule has 0 aromatic rings. The van der Waals surface area contributed by atoms with Crippen LogP contribution in [0.4, 0.5) is 0 Å². The molecule has 0 saturated heterocycles. The highest BCUT2D eigenvalue weighted by molar-refractivity contribution is 5.84. The summed E-state index contributed by atoms with van der Waals surface area (Å²) in [5, 5.41) is 3.29. The molecule has 0 bridgehead atoms. The summed E-state index contributed by atoms with van der Waals surface area (Å²) in [6.07, 6.45) is 5.58. The Morgan fingerprint density at radius 2 is 1.95 bits per heavy atom. The van der Waals surface area contributed by atoms with Crippen molar-refractivity contribution in [3.63, 3.8) is 0 Å². The lowest BCUT2D eigenvalue weighted by molar-refractivity contribution is -0.137. The second-order valence-corrected chi connectivity index (χ2v) is 5.64. The highest BCUT2D eigenvalue weighted by atomic mass is 16.2. The number of primary amides is 1. The van der Waals surface area contributed by atoms with Gasteiger partial charge in [0.15, 0.2) is 0 Å². The van der Waals surface area contributed by atoms with E-state index >= 15 is 0 Å². The molecular formula is C14H27N3O2. The first-order valence-electron chi connectivity index (χ1n) is 7.32. The summed E-state index contributed by atoms with van der Waals surface area (Å²) in [5.41, 5.74) is 5.25. The van der Waals surface area contributed by atoms with E-state index in [1.807, 2.05) is 0 Å². The molecule has 0 spiro atoms. The molecule has 3 N–H and O–H groups in total. The highest BCUT2D eigenvalue weighted by Gasteiger charge is 2.27. The maximum absolute atomic E-state index is 12.2. The van der Waals surface area contributed by atoms with Crippen LogP contribution in [0.15, 0.2) is 0 Å². The van der Waals surface area contributed by atoms with Crippen molar-refractivity contribution in [3.05, 3.63) is 0 Å². The average molecular weight is 269 g/mol. The Labute approximate surface area is 115 Å². The van der Waals surface area contributed by atoms with Crippen molar-refractivity contribution >= 4 is 11.8 Å². The number of amides is 2. The second kappa shape index (κ2) is 8.15. The molecule has 19 heavy (non-hydrogen) atoms. The molecular weight excluding hydrogens is 242 g/mol. The number of hydrogen-bond donors (Lipinski definition) is 2. The fraction of sp³-hybridized carbons (Fsp3) is 0.857. The van der Waals surface area contributed by atoms with Gasteiger partial charge in [0.1, 0.15) is 0 Å². The molecule has 2 amide bonds. The topological polar surface area (TPSA) is 75.4 Å². The molecule has 1 rings (SSSR count). The van der Waals surface area contributed by atoms with Gasteiger partial charge in [-0.1, -0.05) is 26.7 Å². The summed E-state index contributed by atoms with van der Waals surface area (Å²) in [6.45, 7) is 5.07. The van der Waals surface area contributed by atoms with Crippen LogP contribution >= 0.6 is 0 Å². The molecule has 1 aliphatic rings. The van der Waals surface area contributed by atoms with Crippen LogP contribution in [0.25, 0.3) is 0 Å². The number of nitrogens with two attached hydrogens (primary N) is 1. The third kappa shape index (κ3) is 6.05. The first kappa shape index (κ1) is 16.0. The van der Waals surface area contributed by atoms with Crippen molar-refractivity contribution < 1.29 is 9.59 Å². The van der Waals surface area contributed by atoms with E-state index in [0.29, 0.717) is 12.5 Å². The summed E-state index contributed by atoms with van der Waals surface area (Å²) in [7, 11) is 0. The summed E-state index contributed by atoms with van der Waals surface area (Å²) in [4.78, 5) is 25.0. The number of rotatable bonds is 8. The van der Waals surface area contributed by atoms with E-state index in [0.717, 1.165) is 38.6 Å². The lowest BCUT2D eigenvalue weighted by Crippen LogP contribution is -2.44. The molecule has 5 nitrogen and oxygen atoms in total. The van der Waals surface area contributed by atoms with Gasteiger partial charge in [0.05, 0.1) is 6.54 Å². The Morgan fingerprint density at radius 1 is 1.32 bits per heavy atom. The van der Waals surface area contributed by atoms with E-state index in [2.05, 4.69) is 19.2 Å². The molecule has 0 aromatic carbocycles. The van der Waals surface area contributed by atoms with E-state index in [-0.39, 0.29) is 18.5 Å². The van der Waals surface area contributed by atoms with Gasteiger partial charge in [-0.05, 0) is 25.8 Å². The van der Waals surface area contributed by atoms with Gasteiger partial charge in [0.25, 0.3) is 0 Å². The molecule has 0 aromatic heterocycles. The predicted molar refractivity (Wildman–Crippen MR) is 75.5 cm³/mol. The lowest BCUT2D eigenvalue weighted by Gasteiger charge is -2.28. The number of nitrogens with zero attached hydrogens (tertiary/aromatic N) is 1. The van der Waals surface area contributed by atoms with Crippen LogP contribution in [0.2, 0.25) is 0 Å². The van der Waals surface area contributed by atoms with Gasteiger partial charge in [0, 0.05) is 18.5 Å². The first-order valence-corrected chi connectivity index (χ1v) is 7.32. The van der Waals surface area contributed by atoms with E-state index in [4.69, 9.17) is 5.73 Å². The van der Waals surface area contributed by atoms with Gasteiger partial charge in [-0.3, -0.25) is 9.59 Å². The Bertz CT molecular complexity index is 299. The first-order chi connectivity index (χ1) is 9.00. The standard InChI is InChI=1S/C14H27N3O2/c1-11(2)16-9-5-8-14(19)17(10-13(15)18)12-6-3-4-7-12/h11-12,16H,3-10H2,1-2H3,(H2,15,18). The van der Waals surface area contributed by atoms with Crippen LogP contribution in [0.3, 0.4) is 0 Å². The molecule has 110 valence electrons. The predicted octanol–water partition coefficient (Wildman–Crippen LogP) is 1.02. The van der Waals surface area contributed by atoms with E-state index in [9.17, 15) is 9.59 Å². The monoisotopic (exact) mass is 269 g/mol. The average Bonchev–Trinajstić information content (AvgIpc) is 2.84. The van der Waals surface area contributed by atoms with Crippen LogP contribution in [0, 0.1) is 0 Å². The van der Waals surface area contributed by atoms with Crippen molar-refractivity contribution in [1.82, 2.24) is 10.2 Å². The zero-order chi connectivity index (χ0) is 14.3. The molecule has 0 heterocycles. The van der Waals surface area contributed by atoms with Crippen LogP contribution in [-0.2, 0) is 9.59 Å². The van der Waals surface area contributed by atoms with Crippen molar-refractivity contribution in [2.75, 3.05) is 13.1 Å². The van der Waals surface area contributed by atoms with Crippen molar-refractivity contribution in [2.45, 2.75) is 64.5 Å². The van der Waals surface area contributed by atoms with Crippen LogP contribution in [-0.4, -0.2) is 41.9 Å². The second-order valence-electron chi connectivity index (χ2n) is 5.64. The fourth-order valence-corrected chi connectivity index (χ4v) is 2.58. The molecule has 1 fully saturated rings. The van der Waals surface area contributed by atoms with Gasteiger partial charge in [0.2, 0.25) is 11.8 Å². The van der Waals surface area contributed by atoms with Crippen LogP contribution < -0.4 is 11.1 Å². The van der Waals surface area contributed by atoms with Crippen LogP contribution in [0.5, 0.6) is 0 Å². The minimum absolute atomic E-state index is 0.0660. The van der Waals surface area contributed by atoms with Gasteiger partial charge in [-0.2, -0.15) is 0 Å². The smallest absolute Gasteiger partial charge is 0.237 e. The number of hydrogen-bond acceptors (Lipinski definition) is 3. The van der Waals surface area contributed by atoms with Gasteiger partial charge in [-0.25, -0.2) is 0 Å². The minimum atomic E-state index is -0.416. The third-order valence-electron chi connectivity index (χ3n) is 3.53. The molecule has 0 atom stereocenters. The lowest BCUT2D eigenvalue weighted by atomic mass is 10.1. The summed E-state index contributed by atoms with van der Waals surface area (Å²) >= 11 is 0. The fourth-order valence-electron chi connectivity index (χ4n) is 2.58. The largest absolute Gasteiger partial charge is 0.368 e. The van der Waals surface area contributed by atoms with Crippen LogP contribution in [0.1, 0.15) is 52.4 Å². The van der Waals surface area contributed by atoms with Gasteiger partial charge >= 0.3 is 0 Å². The Kier molecular flexibility index (Phi) is 6.84. The van der Waals surface area contributed by atoms with Crippen molar-refractivity contribution in [3.8, 4) is 0 Å². The molecule has 0 unspecified atom stereocenters. The summed E-state index contributed by atoms with van der Waals surface area (Å²) < 4.78 is 0. The van der Waals surface area contributed by atoms with E-state index < -0.39 is 5.91 Å². The molecule has 1 aliphatic carbocycles. The SMILES string of the molecule is CC(C)NCCCC(=O)N(CC(N)=O)C1CCCC1. The minimum Gasteiger partial charge on any atom is -0.368 e. The number of carbonyl (C=O) groups is 2. The number of carbonyl (C=O) groups excluding carboxylic acids is 2. The summed E-state index contributed by atoms with van der Waals surface area (Å²) in [6, 6.07) is 0.657. The van der Waals surface area contributed by atoms with Gasteiger partial charge in [-0.15, -0.1) is 0 Å². The highest BCUT2D eigenvalue weighted by Crippen LogP contribution is 2.24.